The maximum absolute atomic E-state index is 12.3. The van der Waals surface area contributed by atoms with Gasteiger partial charge in [-0.25, -0.2) is 19.4 Å². The molecule has 0 aliphatic heterocycles. The van der Waals surface area contributed by atoms with Crippen LogP contribution in [0.5, 0.6) is 0 Å². The zero-order valence-electron chi connectivity index (χ0n) is 15.6. The SMILES string of the molecule is CC(C)C(O)C(C)(C)C(O)C(C)(C)C(=O)OOC(=O)c1ccccc1. The lowest BCUT2D eigenvalue weighted by Crippen LogP contribution is -2.53. The van der Waals surface area contributed by atoms with E-state index < -0.39 is 35.0 Å². The first kappa shape index (κ1) is 21.1. The van der Waals surface area contributed by atoms with Gasteiger partial charge >= 0.3 is 11.9 Å². The summed E-state index contributed by atoms with van der Waals surface area (Å²) in [4.78, 5) is 33.4. The lowest BCUT2D eigenvalue weighted by Gasteiger charge is -2.43. The number of aliphatic hydroxyl groups excluding tert-OH is 2. The summed E-state index contributed by atoms with van der Waals surface area (Å²) in [5.41, 5.74) is -2.12. The van der Waals surface area contributed by atoms with Crippen molar-refractivity contribution in [2.24, 2.45) is 16.7 Å². The third-order valence-corrected chi connectivity index (χ3v) is 4.51. The molecule has 2 atom stereocenters. The van der Waals surface area contributed by atoms with Crippen molar-refractivity contribution in [3.63, 3.8) is 0 Å². The van der Waals surface area contributed by atoms with Gasteiger partial charge in [-0.05, 0) is 31.9 Å². The fourth-order valence-electron chi connectivity index (χ4n) is 2.87. The van der Waals surface area contributed by atoms with E-state index in [0.717, 1.165) is 0 Å². The lowest BCUT2D eigenvalue weighted by atomic mass is 9.67. The van der Waals surface area contributed by atoms with Gasteiger partial charge in [-0.2, -0.15) is 0 Å². The molecule has 1 aromatic rings. The molecule has 0 radical (unpaired) electrons. The zero-order chi connectivity index (χ0) is 19.4. The van der Waals surface area contributed by atoms with E-state index in [1.807, 2.05) is 13.8 Å². The fraction of sp³-hybridized carbons (Fsp3) is 0.579. The highest BCUT2D eigenvalue weighted by Crippen LogP contribution is 2.39. The highest BCUT2D eigenvalue weighted by molar-refractivity contribution is 5.89. The van der Waals surface area contributed by atoms with Crippen LogP contribution in [0.1, 0.15) is 51.9 Å². The summed E-state index contributed by atoms with van der Waals surface area (Å²) in [7, 11) is 0. The molecule has 0 aliphatic carbocycles. The van der Waals surface area contributed by atoms with Crippen LogP contribution in [0.3, 0.4) is 0 Å². The normalized spacial score (nSPS) is 14.8. The number of carbonyl (C=O) groups is 2. The Morgan fingerprint density at radius 3 is 1.96 bits per heavy atom. The maximum Gasteiger partial charge on any atom is 0.386 e. The molecule has 6 heteroatoms. The number of benzene rings is 1. The van der Waals surface area contributed by atoms with Crippen molar-refractivity contribution in [3.05, 3.63) is 35.9 Å². The Labute approximate surface area is 148 Å². The van der Waals surface area contributed by atoms with Gasteiger partial charge in [0.05, 0.1) is 23.2 Å². The Morgan fingerprint density at radius 2 is 1.48 bits per heavy atom. The molecule has 0 fully saturated rings. The minimum absolute atomic E-state index is 0.104. The highest BCUT2D eigenvalue weighted by atomic mass is 17.2. The first-order valence-electron chi connectivity index (χ1n) is 8.26. The summed E-state index contributed by atoms with van der Waals surface area (Å²) >= 11 is 0. The van der Waals surface area contributed by atoms with Crippen LogP contribution >= 0.6 is 0 Å². The second-order valence-electron chi connectivity index (χ2n) is 7.74. The van der Waals surface area contributed by atoms with E-state index in [2.05, 4.69) is 9.78 Å². The molecular formula is C19H28O6. The van der Waals surface area contributed by atoms with E-state index >= 15 is 0 Å². The van der Waals surface area contributed by atoms with Crippen molar-refractivity contribution in [2.45, 2.75) is 53.8 Å². The Kier molecular flexibility index (Phi) is 6.74. The molecule has 2 N–H and O–H groups in total. The molecule has 0 heterocycles. The van der Waals surface area contributed by atoms with Gasteiger partial charge in [-0.3, -0.25) is 0 Å². The molecule has 0 amide bonds. The standard InChI is InChI=1S/C19H28O6/c1-12(2)14(20)18(3,4)16(22)19(5,6)17(23)25-24-15(21)13-10-8-7-9-11-13/h7-12,14,16,20,22H,1-6H3. The van der Waals surface area contributed by atoms with Crippen LogP contribution in [-0.2, 0) is 14.6 Å². The van der Waals surface area contributed by atoms with Crippen LogP contribution in [0.15, 0.2) is 30.3 Å². The Balaban J connectivity index is 2.80. The molecule has 1 aromatic carbocycles. The van der Waals surface area contributed by atoms with E-state index in [0.29, 0.717) is 0 Å². The molecule has 2 unspecified atom stereocenters. The molecule has 0 bridgehead atoms. The van der Waals surface area contributed by atoms with Crippen LogP contribution in [0.2, 0.25) is 0 Å². The molecule has 0 spiro atoms. The van der Waals surface area contributed by atoms with Crippen molar-refractivity contribution in [1.82, 2.24) is 0 Å². The summed E-state index contributed by atoms with van der Waals surface area (Å²) in [5, 5.41) is 21.0. The topological polar surface area (TPSA) is 93.1 Å². The predicted octanol–water partition coefficient (Wildman–Crippen LogP) is 2.73. The smallest absolute Gasteiger partial charge is 0.386 e. The van der Waals surface area contributed by atoms with Crippen molar-refractivity contribution < 1.29 is 29.6 Å². The summed E-state index contributed by atoms with van der Waals surface area (Å²) in [5.74, 6) is -1.80. The van der Waals surface area contributed by atoms with Crippen LogP contribution in [0.4, 0.5) is 0 Å². The second kappa shape index (κ2) is 7.97. The minimum atomic E-state index is -1.39. The van der Waals surface area contributed by atoms with Gasteiger partial charge in [0.2, 0.25) is 0 Å². The number of hydrogen-bond acceptors (Lipinski definition) is 6. The number of carbonyl (C=O) groups excluding carboxylic acids is 2. The van der Waals surface area contributed by atoms with Gasteiger partial charge in [-0.1, -0.05) is 45.9 Å². The average Bonchev–Trinajstić information content (AvgIpc) is 2.58. The van der Waals surface area contributed by atoms with Crippen LogP contribution in [0, 0.1) is 16.7 Å². The summed E-state index contributed by atoms with van der Waals surface area (Å²) in [6, 6.07) is 8.10. The van der Waals surface area contributed by atoms with Crippen LogP contribution < -0.4 is 0 Å². The van der Waals surface area contributed by atoms with Gasteiger partial charge in [0.1, 0.15) is 0 Å². The quantitative estimate of drug-likeness (QED) is 0.604. The molecule has 1 rings (SSSR count). The lowest BCUT2D eigenvalue weighted by molar-refractivity contribution is -0.251. The summed E-state index contributed by atoms with van der Waals surface area (Å²) in [6.45, 7) is 9.95. The molecular weight excluding hydrogens is 324 g/mol. The average molecular weight is 352 g/mol. The maximum atomic E-state index is 12.3. The molecule has 6 nitrogen and oxygen atoms in total. The third kappa shape index (κ3) is 4.80. The monoisotopic (exact) mass is 352 g/mol. The third-order valence-electron chi connectivity index (χ3n) is 4.51. The second-order valence-corrected chi connectivity index (χ2v) is 7.74. The molecule has 140 valence electrons. The predicted molar refractivity (Wildman–Crippen MR) is 92.4 cm³/mol. The van der Waals surface area contributed by atoms with Crippen molar-refractivity contribution in [2.75, 3.05) is 0 Å². The molecule has 0 aromatic heterocycles. The van der Waals surface area contributed by atoms with Gasteiger partial charge in [0, 0.05) is 5.41 Å². The van der Waals surface area contributed by atoms with Crippen molar-refractivity contribution in [1.29, 1.82) is 0 Å². The fourth-order valence-corrected chi connectivity index (χ4v) is 2.87. The molecule has 0 saturated carbocycles. The Morgan fingerprint density at radius 1 is 0.960 bits per heavy atom. The van der Waals surface area contributed by atoms with E-state index in [1.165, 1.54) is 26.0 Å². The van der Waals surface area contributed by atoms with E-state index in [9.17, 15) is 19.8 Å². The van der Waals surface area contributed by atoms with Crippen molar-refractivity contribution >= 4 is 11.9 Å². The molecule has 25 heavy (non-hydrogen) atoms. The van der Waals surface area contributed by atoms with Crippen LogP contribution in [-0.4, -0.2) is 34.4 Å². The van der Waals surface area contributed by atoms with Crippen LogP contribution in [0.25, 0.3) is 0 Å². The summed E-state index contributed by atoms with van der Waals surface area (Å²) < 4.78 is 0. The first-order valence-corrected chi connectivity index (χ1v) is 8.26. The Hall–Kier alpha value is -1.92. The van der Waals surface area contributed by atoms with Gasteiger partial charge in [-0.15, -0.1) is 0 Å². The van der Waals surface area contributed by atoms with Gasteiger partial charge < -0.3 is 10.2 Å². The van der Waals surface area contributed by atoms with E-state index in [-0.39, 0.29) is 11.5 Å². The first-order chi connectivity index (χ1) is 11.4. The minimum Gasteiger partial charge on any atom is -0.392 e. The van der Waals surface area contributed by atoms with Gasteiger partial charge in [0.25, 0.3) is 0 Å². The summed E-state index contributed by atoms with van der Waals surface area (Å²) in [6.07, 6.45) is -2.05. The molecule has 0 saturated heterocycles. The van der Waals surface area contributed by atoms with Gasteiger partial charge in [0.15, 0.2) is 0 Å². The highest BCUT2D eigenvalue weighted by Gasteiger charge is 2.50. The number of aliphatic hydroxyl groups is 2. The number of rotatable bonds is 6. The van der Waals surface area contributed by atoms with E-state index in [1.54, 1.807) is 32.0 Å². The zero-order valence-corrected chi connectivity index (χ0v) is 15.6. The van der Waals surface area contributed by atoms with Crippen molar-refractivity contribution in [3.8, 4) is 0 Å². The van der Waals surface area contributed by atoms with E-state index in [4.69, 9.17) is 0 Å². The number of hydrogen-bond donors (Lipinski definition) is 2. The Bertz CT molecular complexity index is 591. The molecule has 0 aliphatic rings. The largest absolute Gasteiger partial charge is 0.392 e.